The molecule has 0 aromatic rings. The van der Waals surface area contributed by atoms with Crippen molar-refractivity contribution in [1.29, 1.82) is 0 Å². The fourth-order valence-electron chi connectivity index (χ4n) is 6.08. The highest BCUT2D eigenvalue weighted by molar-refractivity contribution is 7.76. The van der Waals surface area contributed by atoms with Crippen LogP contribution in [0.25, 0.3) is 0 Å². The van der Waals surface area contributed by atoms with Gasteiger partial charge in [0, 0.05) is 32.3 Å². The lowest BCUT2D eigenvalue weighted by Gasteiger charge is -2.26. The zero-order chi connectivity index (χ0) is 34.1. The average molecular weight is 675 g/mol. The van der Waals surface area contributed by atoms with Crippen LogP contribution in [-0.2, 0) is 18.7 Å². The number of carbonyl (C=O) groups is 2. The number of ketones is 1. The van der Waals surface area contributed by atoms with Crippen LogP contribution in [0.4, 0.5) is 0 Å². The Bertz CT molecular complexity index is 745. The van der Waals surface area contributed by atoms with Gasteiger partial charge in [0.05, 0.1) is 12.7 Å². The first kappa shape index (κ1) is 45.4. The van der Waals surface area contributed by atoms with E-state index in [9.17, 15) is 29.5 Å². The van der Waals surface area contributed by atoms with Gasteiger partial charge in [-0.2, -0.15) is 0 Å². The molecular formula is C38H75O7P. The third-order valence-electron chi connectivity index (χ3n) is 9.15. The fourth-order valence-corrected chi connectivity index (χ4v) is 8.18. The van der Waals surface area contributed by atoms with Crippen molar-refractivity contribution in [3.63, 3.8) is 0 Å². The van der Waals surface area contributed by atoms with E-state index in [-0.39, 0.29) is 25.0 Å². The summed E-state index contributed by atoms with van der Waals surface area (Å²) in [6.07, 6.45) is 29.9. The lowest BCUT2D eigenvalue weighted by atomic mass is 10.0. The molecule has 8 heteroatoms. The van der Waals surface area contributed by atoms with Gasteiger partial charge in [0.25, 0.3) is 7.37 Å². The van der Waals surface area contributed by atoms with Crippen molar-refractivity contribution >= 4 is 18.7 Å². The molecule has 3 unspecified atom stereocenters. The highest BCUT2D eigenvalue weighted by atomic mass is 31.2. The maximum Gasteiger partial charge on any atom is 0.294 e. The Morgan fingerprint density at radius 1 is 0.565 bits per heavy atom. The molecule has 46 heavy (non-hydrogen) atoms. The van der Waals surface area contributed by atoms with E-state index in [4.69, 9.17) is 4.52 Å². The molecule has 274 valence electrons. The van der Waals surface area contributed by atoms with E-state index in [2.05, 4.69) is 13.8 Å². The molecule has 0 heterocycles. The van der Waals surface area contributed by atoms with Crippen molar-refractivity contribution in [1.82, 2.24) is 0 Å². The van der Waals surface area contributed by atoms with Gasteiger partial charge in [0.2, 0.25) is 5.52 Å². The van der Waals surface area contributed by atoms with Crippen LogP contribution in [0.15, 0.2) is 0 Å². The highest BCUT2D eigenvalue weighted by Crippen LogP contribution is 2.55. The second-order valence-electron chi connectivity index (χ2n) is 13.6. The van der Waals surface area contributed by atoms with Crippen LogP contribution < -0.4 is 0 Å². The van der Waals surface area contributed by atoms with Gasteiger partial charge in [0.1, 0.15) is 11.6 Å². The molecule has 3 atom stereocenters. The quantitative estimate of drug-likeness (QED) is 0.0443. The van der Waals surface area contributed by atoms with Crippen molar-refractivity contribution < 1.29 is 34.0 Å². The first-order chi connectivity index (χ1) is 22.3. The second-order valence-corrected chi connectivity index (χ2v) is 16.1. The van der Waals surface area contributed by atoms with Crippen molar-refractivity contribution in [2.45, 2.75) is 218 Å². The SMILES string of the molecule is CCCCCCCCCCCCCCCC(=O)CC(CO)OP(=O)(C(=O)CCCCCCCCCCCCCCC)C(O)CCO. The van der Waals surface area contributed by atoms with Crippen LogP contribution in [0.2, 0.25) is 0 Å². The molecule has 0 saturated carbocycles. The maximum atomic E-state index is 13.6. The summed E-state index contributed by atoms with van der Waals surface area (Å²) in [4.78, 5) is 25.6. The summed E-state index contributed by atoms with van der Waals surface area (Å²) in [5, 5.41) is 29.7. The van der Waals surface area contributed by atoms with Crippen LogP contribution >= 0.6 is 7.37 Å². The molecule has 0 radical (unpaired) electrons. The Kier molecular flexibility index (Phi) is 32.5. The largest absolute Gasteiger partial charge is 0.396 e. The van der Waals surface area contributed by atoms with E-state index in [1.54, 1.807) is 0 Å². The van der Waals surface area contributed by atoms with Gasteiger partial charge in [-0.3, -0.25) is 14.2 Å². The minimum absolute atomic E-state index is 0.0164. The Hall–Kier alpha value is -0.590. The molecule has 7 nitrogen and oxygen atoms in total. The number of unbranched alkanes of at least 4 members (excludes halogenated alkanes) is 24. The number of aliphatic hydroxyl groups excluding tert-OH is 3. The lowest BCUT2D eigenvalue weighted by molar-refractivity contribution is -0.122. The number of hydrogen-bond donors (Lipinski definition) is 3. The van der Waals surface area contributed by atoms with Crippen LogP contribution in [0.3, 0.4) is 0 Å². The van der Waals surface area contributed by atoms with Gasteiger partial charge < -0.3 is 19.8 Å². The summed E-state index contributed by atoms with van der Waals surface area (Å²) in [7, 11) is -4.25. The van der Waals surface area contributed by atoms with E-state index >= 15 is 0 Å². The molecule has 0 bridgehead atoms. The predicted octanol–water partition coefficient (Wildman–Crippen LogP) is 10.8. The molecule has 0 aliphatic heterocycles. The first-order valence-electron chi connectivity index (χ1n) is 19.6. The van der Waals surface area contributed by atoms with Gasteiger partial charge in [-0.05, 0) is 12.8 Å². The predicted molar refractivity (Wildman–Crippen MR) is 193 cm³/mol. The number of aliphatic hydroxyl groups is 3. The normalized spacial score (nSPS) is 14.3. The zero-order valence-corrected chi connectivity index (χ0v) is 31.1. The van der Waals surface area contributed by atoms with Gasteiger partial charge in [-0.15, -0.1) is 0 Å². The molecule has 0 rings (SSSR count). The summed E-state index contributed by atoms with van der Waals surface area (Å²) in [6.45, 7) is 3.48. The number of carbonyl (C=O) groups excluding carboxylic acids is 2. The number of hydrogen-bond acceptors (Lipinski definition) is 7. The average Bonchev–Trinajstić information content (AvgIpc) is 3.04. The number of rotatable bonds is 37. The van der Waals surface area contributed by atoms with Crippen LogP contribution in [0, 0.1) is 0 Å². The molecule has 0 spiro atoms. The van der Waals surface area contributed by atoms with Crippen LogP contribution in [-0.4, -0.2) is 51.8 Å². The van der Waals surface area contributed by atoms with E-state index in [1.807, 2.05) is 0 Å². The number of Topliss-reactive ketones (excluding diaryl/α,β-unsaturated/α-hetero) is 1. The second kappa shape index (κ2) is 32.9. The molecule has 3 N–H and O–H groups in total. The topological polar surface area (TPSA) is 121 Å². The molecule has 0 fully saturated rings. The molecule has 0 saturated heterocycles. The zero-order valence-electron chi connectivity index (χ0n) is 30.2. The molecule has 0 aliphatic carbocycles. The summed E-state index contributed by atoms with van der Waals surface area (Å²) < 4.78 is 19.2. The van der Waals surface area contributed by atoms with Gasteiger partial charge in [-0.25, -0.2) is 0 Å². The molecular weight excluding hydrogens is 599 g/mol. The minimum Gasteiger partial charge on any atom is -0.396 e. The monoisotopic (exact) mass is 675 g/mol. The fraction of sp³-hybridized carbons (Fsp3) is 0.947. The summed E-state index contributed by atoms with van der Waals surface area (Å²) in [5.41, 5.74) is -0.668. The van der Waals surface area contributed by atoms with Gasteiger partial charge in [-0.1, -0.05) is 168 Å². The standard InChI is InChI=1S/C38H75O7P/c1-3-5-7-9-11-13-15-17-19-21-23-25-27-29-35(41)33-36(34-40)45-46(44,38(43)31-32-39)37(42)30-28-26-24-22-20-18-16-14-12-10-8-6-4-2/h36,38-40,43H,3-34H2,1-2H3. The molecule has 0 aliphatic rings. The van der Waals surface area contributed by atoms with E-state index < -0.39 is 38.1 Å². The maximum absolute atomic E-state index is 13.6. The Morgan fingerprint density at radius 2 is 0.913 bits per heavy atom. The van der Waals surface area contributed by atoms with Crippen molar-refractivity contribution in [2.75, 3.05) is 13.2 Å². The van der Waals surface area contributed by atoms with E-state index in [0.29, 0.717) is 12.8 Å². The minimum atomic E-state index is -4.25. The third-order valence-corrected chi connectivity index (χ3v) is 11.7. The Labute approximate surface area is 283 Å². The first-order valence-corrected chi connectivity index (χ1v) is 21.3. The highest BCUT2D eigenvalue weighted by Gasteiger charge is 2.42. The van der Waals surface area contributed by atoms with Crippen molar-refractivity contribution in [3.05, 3.63) is 0 Å². The van der Waals surface area contributed by atoms with Crippen molar-refractivity contribution in [3.8, 4) is 0 Å². The molecule has 0 aromatic carbocycles. The Morgan fingerprint density at radius 3 is 1.26 bits per heavy atom. The summed E-state index contributed by atoms with van der Waals surface area (Å²) >= 11 is 0. The smallest absolute Gasteiger partial charge is 0.294 e. The third kappa shape index (κ3) is 25.4. The lowest BCUT2D eigenvalue weighted by Crippen LogP contribution is -2.27. The Balaban J connectivity index is 4.30. The summed E-state index contributed by atoms with van der Waals surface area (Å²) in [6, 6.07) is 0. The van der Waals surface area contributed by atoms with Gasteiger partial charge >= 0.3 is 0 Å². The van der Waals surface area contributed by atoms with Crippen LogP contribution in [0.1, 0.15) is 206 Å². The molecule has 0 aromatic heterocycles. The molecule has 0 amide bonds. The van der Waals surface area contributed by atoms with Gasteiger partial charge in [0.15, 0.2) is 0 Å². The summed E-state index contributed by atoms with van der Waals surface area (Å²) in [5.74, 6) is -1.74. The van der Waals surface area contributed by atoms with E-state index in [1.165, 1.54) is 122 Å². The van der Waals surface area contributed by atoms with Crippen LogP contribution in [0.5, 0.6) is 0 Å². The van der Waals surface area contributed by atoms with Crippen molar-refractivity contribution in [2.24, 2.45) is 0 Å². The van der Waals surface area contributed by atoms with E-state index in [0.717, 1.165) is 38.5 Å².